The summed E-state index contributed by atoms with van der Waals surface area (Å²) >= 11 is 1.84. The van der Waals surface area contributed by atoms with Gasteiger partial charge in [-0.25, -0.2) is 9.59 Å². The number of epoxide rings is 1. The van der Waals surface area contributed by atoms with Crippen LogP contribution >= 0.6 is 11.8 Å². The van der Waals surface area contributed by atoms with Gasteiger partial charge in [-0.05, 0) is 95.6 Å². The van der Waals surface area contributed by atoms with Crippen LogP contribution < -0.4 is 10.6 Å². The van der Waals surface area contributed by atoms with Crippen LogP contribution in [-0.4, -0.2) is 103 Å². The van der Waals surface area contributed by atoms with Crippen LogP contribution in [0.3, 0.4) is 0 Å². The van der Waals surface area contributed by atoms with Gasteiger partial charge in [0.15, 0.2) is 5.78 Å². The van der Waals surface area contributed by atoms with Gasteiger partial charge in [-0.15, -0.1) is 0 Å². The lowest BCUT2D eigenvalue weighted by atomic mass is 9.42. The molecule has 4 aliphatic heterocycles. The van der Waals surface area contributed by atoms with Crippen molar-refractivity contribution in [2.45, 2.75) is 150 Å². The fourth-order valence-corrected chi connectivity index (χ4v) is 13.5. The lowest BCUT2D eigenvalue weighted by Gasteiger charge is -2.63. The molecule has 51 heavy (non-hydrogen) atoms. The summed E-state index contributed by atoms with van der Waals surface area (Å²) in [6, 6.07) is 0.167. The van der Waals surface area contributed by atoms with Gasteiger partial charge in [0, 0.05) is 34.8 Å². The molecule has 3 unspecified atom stereocenters. The molecule has 8 rings (SSSR count). The van der Waals surface area contributed by atoms with Gasteiger partial charge >= 0.3 is 18.0 Å². The summed E-state index contributed by atoms with van der Waals surface area (Å²) in [5.74, 6) is -0.569. The second-order valence-corrected chi connectivity index (χ2v) is 18.5. The second-order valence-electron chi connectivity index (χ2n) is 17.3. The summed E-state index contributed by atoms with van der Waals surface area (Å²) in [6.07, 6.45) is 7.41. The quantitative estimate of drug-likeness (QED) is 0.102. The van der Waals surface area contributed by atoms with Crippen LogP contribution in [0, 0.1) is 22.7 Å². The van der Waals surface area contributed by atoms with Crippen molar-refractivity contribution in [2.75, 3.05) is 12.4 Å². The molecule has 0 aromatic rings. The first-order chi connectivity index (χ1) is 24.0. The van der Waals surface area contributed by atoms with Gasteiger partial charge in [-0.3, -0.25) is 9.59 Å². The molecule has 4 heterocycles. The third-order valence-electron chi connectivity index (χ3n) is 15.3. The number of rotatable bonds is 9. The number of amides is 2. The number of allylic oxidation sites excluding steroid dienone is 1. The number of unbranched alkanes of at least 4 members (excludes halogenated alkanes) is 1. The summed E-state index contributed by atoms with van der Waals surface area (Å²) in [5.41, 5.74) is -6.81. The summed E-state index contributed by atoms with van der Waals surface area (Å²) in [5, 5.41) is 44.0. The van der Waals surface area contributed by atoms with Gasteiger partial charge in [-0.1, -0.05) is 19.4 Å². The first-order valence-corrected chi connectivity index (χ1v) is 19.9. The van der Waals surface area contributed by atoms with Gasteiger partial charge in [0.05, 0.1) is 29.2 Å². The lowest BCUT2D eigenvalue weighted by molar-refractivity contribution is -0.282. The molecule has 8 aliphatic rings. The normalized spacial score (nSPS) is 47.6. The summed E-state index contributed by atoms with van der Waals surface area (Å²) < 4.78 is 17.7. The zero-order chi connectivity index (χ0) is 36.4. The van der Waals surface area contributed by atoms with Gasteiger partial charge in [0.25, 0.3) is 0 Å². The van der Waals surface area contributed by atoms with Crippen molar-refractivity contribution < 1.29 is 48.7 Å². The maximum atomic E-state index is 13.5. The maximum absolute atomic E-state index is 13.5. The Hall–Kier alpha value is -2.45. The monoisotopic (exact) mass is 728 g/mol. The molecule has 3 saturated carbocycles. The summed E-state index contributed by atoms with van der Waals surface area (Å²) in [6.45, 7) is 6.80. The van der Waals surface area contributed by atoms with Crippen LogP contribution in [0.25, 0.3) is 0 Å². The minimum Gasteiger partial charge on any atom is -0.461 e. The molecule has 5 N–H and O–H groups in total. The molecule has 0 radical (unpaired) electrons. The third-order valence-corrected chi connectivity index (χ3v) is 16.9. The van der Waals surface area contributed by atoms with Crippen molar-refractivity contribution in [1.82, 2.24) is 10.6 Å². The van der Waals surface area contributed by atoms with E-state index in [1.54, 1.807) is 13.0 Å². The third kappa shape index (κ3) is 4.79. The number of carbonyl (C=O) groups excluding carboxylic acids is 4. The molecule has 6 fully saturated rings. The number of hydrogen-bond donors (Lipinski definition) is 5. The molecule has 1 spiro atoms. The number of carbonyl (C=O) groups is 4. The van der Waals surface area contributed by atoms with E-state index in [0.717, 1.165) is 18.6 Å². The maximum Gasteiger partial charge on any atom is 0.334 e. The zero-order valence-corrected chi connectivity index (χ0v) is 30.8. The molecule has 280 valence electrons. The van der Waals surface area contributed by atoms with E-state index in [4.69, 9.17) is 14.2 Å². The van der Waals surface area contributed by atoms with Gasteiger partial charge in [-0.2, -0.15) is 11.8 Å². The second kappa shape index (κ2) is 11.8. The minimum atomic E-state index is -1.96. The van der Waals surface area contributed by atoms with Crippen LogP contribution in [0.15, 0.2) is 23.3 Å². The highest BCUT2D eigenvalue weighted by Gasteiger charge is 2.82. The molecule has 0 aromatic carbocycles. The molecule has 12 nitrogen and oxygen atoms in total. The van der Waals surface area contributed by atoms with E-state index in [0.29, 0.717) is 48.5 Å². The molecule has 0 aromatic heterocycles. The topological polar surface area (TPSA) is 184 Å². The number of nitrogens with one attached hydrogen (secondary N) is 2. The number of urea groups is 1. The Balaban J connectivity index is 0.919. The largest absolute Gasteiger partial charge is 0.461 e. The van der Waals surface area contributed by atoms with E-state index in [9.17, 15) is 34.5 Å². The van der Waals surface area contributed by atoms with Crippen LogP contribution in [0.1, 0.15) is 98.3 Å². The number of fused-ring (bicyclic) bond motifs is 5. The molecular weight excluding hydrogens is 676 g/mol. The number of cyclic esters (lactones) is 1. The number of thioether (sulfide) groups is 1. The molecule has 2 amide bonds. The molecule has 13 atom stereocenters. The van der Waals surface area contributed by atoms with Gasteiger partial charge < -0.3 is 40.2 Å². The molecule has 3 saturated heterocycles. The smallest absolute Gasteiger partial charge is 0.334 e. The van der Waals surface area contributed by atoms with E-state index in [1.165, 1.54) is 6.92 Å². The Morgan fingerprint density at radius 2 is 1.90 bits per heavy atom. The van der Waals surface area contributed by atoms with Crippen molar-refractivity contribution in [3.63, 3.8) is 0 Å². The van der Waals surface area contributed by atoms with Crippen molar-refractivity contribution in [3.8, 4) is 0 Å². The molecule has 0 bridgehead atoms. The molecule has 4 aliphatic carbocycles. The lowest BCUT2D eigenvalue weighted by Crippen LogP contribution is -2.73. The number of aliphatic hydroxyl groups is 3. The minimum absolute atomic E-state index is 0.0298. The highest BCUT2D eigenvalue weighted by molar-refractivity contribution is 8.00. The number of ether oxygens (including phenoxy) is 3. The first kappa shape index (κ1) is 35.6. The first-order valence-electron chi connectivity index (χ1n) is 18.8. The van der Waals surface area contributed by atoms with E-state index < -0.39 is 45.3 Å². The van der Waals surface area contributed by atoms with Crippen LogP contribution in [0.5, 0.6) is 0 Å². The predicted molar refractivity (Wildman–Crippen MR) is 185 cm³/mol. The van der Waals surface area contributed by atoms with Crippen molar-refractivity contribution >= 4 is 35.5 Å². The Kier molecular flexibility index (Phi) is 8.21. The average Bonchev–Trinajstić information content (AvgIpc) is 3.37. The Morgan fingerprint density at radius 1 is 1.12 bits per heavy atom. The van der Waals surface area contributed by atoms with E-state index in [-0.39, 0.29) is 80.1 Å². The van der Waals surface area contributed by atoms with Crippen molar-refractivity contribution in [1.29, 1.82) is 0 Å². The number of esters is 2. The highest BCUT2D eigenvalue weighted by Crippen LogP contribution is 2.75. The van der Waals surface area contributed by atoms with Crippen molar-refractivity contribution in [2.24, 2.45) is 22.7 Å². The Bertz CT molecular complexity index is 1610. The summed E-state index contributed by atoms with van der Waals surface area (Å²) in [4.78, 5) is 51.1. The van der Waals surface area contributed by atoms with E-state index in [2.05, 4.69) is 10.6 Å². The standard InChI is InChI=1S/C38H52N2O10S/c1-20-21(18-48-29(42)10-6-5-8-25-30-24(19-51-25)39-32(44)40-30)16-27(49-31(20)43)35(4,45)38(47)15-14-36(46)23-17-28-37(50-28)12-7-9-26(41)34(37,3)22(23)11-13-33(36,38)2/h7,9,22-25,27-28,30,45-47H,5-6,8,10-19H2,1-4H3,(H2,39,40,44)/t22-,23+,24?,25?,27+,28+,30?,33-,34-,35-,36+,37+,38-/m0/s1. The molecule has 13 heteroatoms. The number of hydrogen-bond acceptors (Lipinski definition) is 11. The summed E-state index contributed by atoms with van der Waals surface area (Å²) in [7, 11) is 0. The fraction of sp³-hybridized carbons (Fsp3) is 0.789. The highest BCUT2D eigenvalue weighted by atomic mass is 32.2. The molecular formula is C38H52N2O10S. The number of ketones is 1. The Morgan fingerprint density at radius 3 is 2.69 bits per heavy atom. The zero-order valence-electron chi connectivity index (χ0n) is 30.0. The van der Waals surface area contributed by atoms with Gasteiger partial charge in [0.1, 0.15) is 29.5 Å². The van der Waals surface area contributed by atoms with Crippen molar-refractivity contribution in [3.05, 3.63) is 23.3 Å². The average molecular weight is 729 g/mol. The van der Waals surface area contributed by atoms with E-state index in [1.807, 2.05) is 31.7 Å². The predicted octanol–water partition coefficient (Wildman–Crippen LogP) is 3.00. The van der Waals surface area contributed by atoms with Crippen LogP contribution in [-0.2, 0) is 28.6 Å². The Labute approximate surface area is 302 Å². The SMILES string of the molecule is CC1=C(COC(=O)CCCCC2SCC3NC(=O)NC32)C[C@H]([C@](C)(O)[C@]2(O)CC[C@@]3(O)[C@@H]4C[C@H]5O[C@]56CC=CC(=O)[C@]6(C)[C@H]4CC[C@]23C)OC1=O. The van der Waals surface area contributed by atoms with Gasteiger partial charge in [0.2, 0.25) is 0 Å². The fourth-order valence-electron chi connectivity index (χ4n) is 11.9. The van der Waals surface area contributed by atoms with E-state index >= 15 is 0 Å². The van der Waals surface area contributed by atoms with Crippen LogP contribution in [0.2, 0.25) is 0 Å². The van der Waals surface area contributed by atoms with Crippen LogP contribution in [0.4, 0.5) is 4.79 Å².